The minimum Gasteiger partial charge on any atom is -0.467 e. The molecule has 3 heteroatoms. The van der Waals surface area contributed by atoms with E-state index in [1.807, 2.05) is 6.92 Å². The Morgan fingerprint density at radius 2 is 1.93 bits per heavy atom. The lowest BCUT2D eigenvalue weighted by Gasteiger charge is -2.34. The molecule has 0 radical (unpaired) electrons. The molecular formula is C11H20O3. The number of methoxy groups -OCH3 is 1. The Morgan fingerprint density at radius 3 is 2.43 bits per heavy atom. The van der Waals surface area contributed by atoms with Crippen LogP contribution < -0.4 is 0 Å². The molecule has 0 heterocycles. The quantitative estimate of drug-likeness (QED) is 0.653. The molecule has 3 nitrogen and oxygen atoms in total. The topological polar surface area (TPSA) is 35.5 Å². The van der Waals surface area contributed by atoms with Crippen LogP contribution >= 0.6 is 0 Å². The Bertz CT molecular complexity index is 183. The third-order valence-corrected chi connectivity index (χ3v) is 2.80. The summed E-state index contributed by atoms with van der Waals surface area (Å²) in [6.45, 7) is 2.70. The molecule has 0 N–H and O–H groups in total. The molecule has 0 amide bonds. The first kappa shape index (κ1) is 11.5. The fraction of sp³-hybridized carbons (Fsp3) is 0.909. The molecule has 1 saturated carbocycles. The third-order valence-electron chi connectivity index (χ3n) is 2.80. The second-order valence-electron chi connectivity index (χ2n) is 3.89. The SMILES string of the molecule is CCCOC1(C(=O)OC)CCCCC1. The standard InChI is InChI=1S/C11H20O3/c1-3-9-14-11(10(12)13-2)7-5-4-6-8-11/h3-9H2,1-2H3. The van der Waals surface area contributed by atoms with E-state index in [4.69, 9.17) is 9.47 Å². The smallest absolute Gasteiger partial charge is 0.338 e. The van der Waals surface area contributed by atoms with Crippen LogP contribution in [-0.2, 0) is 14.3 Å². The van der Waals surface area contributed by atoms with E-state index in [1.54, 1.807) is 0 Å². The molecule has 1 aliphatic carbocycles. The van der Waals surface area contributed by atoms with Crippen LogP contribution in [0.5, 0.6) is 0 Å². The van der Waals surface area contributed by atoms with Crippen molar-refractivity contribution in [3.8, 4) is 0 Å². The summed E-state index contributed by atoms with van der Waals surface area (Å²) >= 11 is 0. The second-order valence-corrected chi connectivity index (χ2v) is 3.89. The van der Waals surface area contributed by atoms with Gasteiger partial charge in [0.05, 0.1) is 7.11 Å². The molecule has 0 saturated heterocycles. The summed E-state index contributed by atoms with van der Waals surface area (Å²) in [5.74, 6) is -0.189. The zero-order valence-electron chi connectivity index (χ0n) is 9.17. The first-order valence-electron chi connectivity index (χ1n) is 5.47. The maximum atomic E-state index is 11.6. The van der Waals surface area contributed by atoms with E-state index in [1.165, 1.54) is 13.5 Å². The maximum Gasteiger partial charge on any atom is 0.338 e. The summed E-state index contributed by atoms with van der Waals surface area (Å²) in [5.41, 5.74) is -0.622. The predicted octanol–water partition coefficient (Wildman–Crippen LogP) is 2.29. The molecule has 1 fully saturated rings. The first-order valence-corrected chi connectivity index (χ1v) is 5.47. The zero-order valence-corrected chi connectivity index (χ0v) is 9.17. The van der Waals surface area contributed by atoms with E-state index < -0.39 is 5.60 Å². The van der Waals surface area contributed by atoms with Gasteiger partial charge in [0.2, 0.25) is 0 Å². The molecule has 0 aromatic rings. The van der Waals surface area contributed by atoms with Gasteiger partial charge in [0.1, 0.15) is 0 Å². The van der Waals surface area contributed by atoms with Gasteiger partial charge < -0.3 is 9.47 Å². The van der Waals surface area contributed by atoms with Gasteiger partial charge in [-0.3, -0.25) is 0 Å². The molecule has 0 aromatic heterocycles. The number of hydrogen-bond donors (Lipinski definition) is 0. The van der Waals surface area contributed by atoms with Crippen LogP contribution in [-0.4, -0.2) is 25.3 Å². The van der Waals surface area contributed by atoms with Crippen LogP contribution in [0, 0.1) is 0 Å². The molecule has 14 heavy (non-hydrogen) atoms. The highest BCUT2D eigenvalue weighted by Gasteiger charge is 2.41. The molecule has 0 atom stereocenters. The van der Waals surface area contributed by atoms with Gasteiger partial charge in [-0.15, -0.1) is 0 Å². The van der Waals surface area contributed by atoms with Crippen LogP contribution in [0.25, 0.3) is 0 Å². The molecule has 1 rings (SSSR count). The van der Waals surface area contributed by atoms with Crippen LogP contribution in [0.4, 0.5) is 0 Å². The largest absolute Gasteiger partial charge is 0.467 e. The van der Waals surface area contributed by atoms with Crippen LogP contribution in [0.15, 0.2) is 0 Å². The minimum atomic E-state index is -0.622. The highest BCUT2D eigenvalue weighted by molar-refractivity contribution is 5.79. The van der Waals surface area contributed by atoms with E-state index in [-0.39, 0.29) is 5.97 Å². The average Bonchev–Trinajstić information content (AvgIpc) is 2.26. The highest BCUT2D eigenvalue weighted by Crippen LogP contribution is 2.32. The van der Waals surface area contributed by atoms with Crippen LogP contribution in [0.2, 0.25) is 0 Å². The van der Waals surface area contributed by atoms with Crippen molar-refractivity contribution in [1.82, 2.24) is 0 Å². The van der Waals surface area contributed by atoms with Gasteiger partial charge in [-0.05, 0) is 32.1 Å². The lowest BCUT2D eigenvalue weighted by atomic mass is 9.84. The van der Waals surface area contributed by atoms with E-state index in [0.717, 1.165) is 32.1 Å². The van der Waals surface area contributed by atoms with Crippen molar-refractivity contribution in [2.75, 3.05) is 13.7 Å². The number of carbonyl (C=O) groups excluding carboxylic acids is 1. The van der Waals surface area contributed by atoms with Gasteiger partial charge in [-0.2, -0.15) is 0 Å². The number of esters is 1. The molecule has 0 aromatic carbocycles. The summed E-state index contributed by atoms with van der Waals surface area (Å²) in [7, 11) is 1.44. The summed E-state index contributed by atoms with van der Waals surface area (Å²) in [6.07, 6.45) is 5.92. The summed E-state index contributed by atoms with van der Waals surface area (Å²) < 4.78 is 10.5. The first-order chi connectivity index (χ1) is 6.75. The van der Waals surface area contributed by atoms with Crippen molar-refractivity contribution in [2.45, 2.75) is 51.0 Å². The minimum absolute atomic E-state index is 0.189. The molecule has 82 valence electrons. The van der Waals surface area contributed by atoms with Crippen molar-refractivity contribution >= 4 is 5.97 Å². The van der Waals surface area contributed by atoms with E-state index in [2.05, 4.69) is 0 Å². The molecular weight excluding hydrogens is 180 g/mol. The third kappa shape index (κ3) is 2.47. The van der Waals surface area contributed by atoms with E-state index in [0.29, 0.717) is 6.61 Å². The predicted molar refractivity (Wildman–Crippen MR) is 54.1 cm³/mol. The van der Waals surface area contributed by atoms with Crippen molar-refractivity contribution in [3.05, 3.63) is 0 Å². The van der Waals surface area contributed by atoms with Crippen molar-refractivity contribution < 1.29 is 14.3 Å². The van der Waals surface area contributed by atoms with Crippen LogP contribution in [0.3, 0.4) is 0 Å². The van der Waals surface area contributed by atoms with Gasteiger partial charge >= 0.3 is 5.97 Å². The maximum absolute atomic E-state index is 11.6. The van der Waals surface area contributed by atoms with Crippen molar-refractivity contribution in [2.24, 2.45) is 0 Å². The number of hydrogen-bond acceptors (Lipinski definition) is 3. The fourth-order valence-electron chi connectivity index (χ4n) is 2.01. The number of carbonyl (C=O) groups is 1. The number of ether oxygens (including phenoxy) is 2. The average molecular weight is 200 g/mol. The second kappa shape index (κ2) is 5.35. The van der Waals surface area contributed by atoms with Gasteiger partial charge in [-0.1, -0.05) is 13.3 Å². The van der Waals surface area contributed by atoms with Crippen molar-refractivity contribution in [3.63, 3.8) is 0 Å². The van der Waals surface area contributed by atoms with E-state index in [9.17, 15) is 4.79 Å². The summed E-state index contributed by atoms with van der Waals surface area (Å²) in [4.78, 5) is 11.6. The lowest BCUT2D eigenvalue weighted by Crippen LogP contribution is -2.44. The normalized spacial score (nSPS) is 20.4. The highest BCUT2D eigenvalue weighted by atomic mass is 16.6. The van der Waals surface area contributed by atoms with Crippen molar-refractivity contribution in [1.29, 1.82) is 0 Å². The monoisotopic (exact) mass is 200 g/mol. The molecule has 0 aliphatic heterocycles. The Hall–Kier alpha value is -0.570. The van der Waals surface area contributed by atoms with Gasteiger partial charge in [0.25, 0.3) is 0 Å². The lowest BCUT2D eigenvalue weighted by molar-refractivity contribution is -0.174. The summed E-state index contributed by atoms with van der Waals surface area (Å²) in [6, 6.07) is 0. The molecule has 0 spiro atoms. The molecule has 1 aliphatic rings. The number of rotatable bonds is 4. The fourth-order valence-corrected chi connectivity index (χ4v) is 2.01. The molecule has 0 bridgehead atoms. The Kier molecular flexibility index (Phi) is 4.39. The zero-order chi connectivity index (χ0) is 10.4. The Labute approximate surface area is 85.8 Å². The Morgan fingerprint density at radius 1 is 1.29 bits per heavy atom. The van der Waals surface area contributed by atoms with E-state index >= 15 is 0 Å². The van der Waals surface area contributed by atoms with Gasteiger partial charge in [0.15, 0.2) is 5.60 Å². The van der Waals surface area contributed by atoms with Crippen LogP contribution in [0.1, 0.15) is 45.4 Å². The Balaban J connectivity index is 2.61. The van der Waals surface area contributed by atoms with Gasteiger partial charge in [0, 0.05) is 6.61 Å². The molecule has 0 unspecified atom stereocenters. The van der Waals surface area contributed by atoms with Gasteiger partial charge in [-0.25, -0.2) is 4.79 Å². The summed E-state index contributed by atoms with van der Waals surface area (Å²) in [5, 5.41) is 0.